The van der Waals surface area contributed by atoms with Crippen molar-refractivity contribution in [3.05, 3.63) is 84.1 Å². The van der Waals surface area contributed by atoms with Gasteiger partial charge in [-0.15, -0.1) is 0 Å². The zero-order chi connectivity index (χ0) is 17.6. The van der Waals surface area contributed by atoms with E-state index >= 15 is 0 Å². The van der Waals surface area contributed by atoms with Crippen molar-refractivity contribution < 1.29 is 13.9 Å². The van der Waals surface area contributed by atoms with Gasteiger partial charge in [0.25, 0.3) is 0 Å². The van der Waals surface area contributed by atoms with Crippen LogP contribution in [0.4, 0.5) is 10.1 Å². The Labute approximate surface area is 150 Å². The van der Waals surface area contributed by atoms with E-state index < -0.39 is 0 Å². The molecule has 3 rings (SSSR count). The normalized spacial score (nSPS) is 10.4. The maximum Gasteiger partial charge on any atom is 0.174 e. The minimum absolute atomic E-state index is 0.205. The fraction of sp³-hybridized carbons (Fsp3) is 0.105. The minimum atomic E-state index is -0.307. The molecule has 1 heterocycles. The highest BCUT2D eigenvalue weighted by Crippen LogP contribution is 2.20. The molecule has 0 atom stereocenters. The second-order valence-electron chi connectivity index (χ2n) is 5.50. The fourth-order valence-electron chi connectivity index (χ4n) is 2.38. The molecule has 128 valence electrons. The van der Waals surface area contributed by atoms with E-state index in [1.165, 1.54) is 12.1 Å². The molecule has 0 radical (unpaired) electrons. The molecule has 25 heavy (non-hydrogen) atoms. The van der Waals surface area contributed by atoms with Crippen molar-refractivity contribution in [1.29, 1.82) is 0 Å². The molecule has 0 aliphatic rings. The van der Waals surface area contributed by atoms with Crippen LogP contribution in [0.25, 0.3) is 0 Å². The Bertz CT molecular complexity index is 835. The zero-order valence-electron chi connectivity index (χ0n) is 13.4. The molecule has 0 aliphatic carbocycles. The summed E-state index contributed by atoms with van der Waals surface area (Å²) in [6.07, 6.45) is 1.60. The minimum Gasteiger partial charge on any atom is -0.508 e. The summed E-state index contributed by atoms with van der Waals surface area (Å²) in [7, 11) is 0. The quantitative estimate of drug-likeness (QED) is 0.658. The van der Waals surface area contributed by atoms with Gasteiger partial charge in [-0.3, -0.25) is 0 Å². The van der Waals surface area contributed by atoms with Gasteiger partial charge in [0.1, 0.15) is 17.3 Å². The van der Waals surface area contributed by atoms with E-state index in [4.69, 9.17) is 16.6 Å². The Morgan fingerprint density at radius 3 is 2.48 bits per heavy atom. The number of anilines is 1. The summed E-state index contributed by atoms with van der Waals surface area (Å²) in [5.74, 6) is 0.647. The number of hydrogen-bond donors (Lipinski definition) is 2. The Morgan fingerprint density at radius 1 is 1.04 bits per heavy atom. The molecule has 3 aromatic rings. The van der Waals surface area contributed by atoms with Crippen LogP contribution < -0.4 is 5.32 Å². The predicted molar refractivity (Wildman–Crippen MR) is 98.7 cm³/mol. The van der Waals surface area contributed by atoms with Gasteiger partial charge in [0.2, 0.25) is 0 Å². The summed E-state index contributed by atoms with van der Waals surface area (Å²) in [5.41, 5.74) is 1.44. The number of aromatic hydroxyl groups is 1. The van der Waals surface area contributed by atoms with Crippen LogP contribution in [-0.4, -0.2) is 15.1 Å². The van der Waals surface area contributed by atoms with Crippen LogP contribution in [0.2, 0.25) is 0 Å². The maximum absolute atomic E-state index is 13.1. The van der Waals surface area contributed by atoms with Crippen LogP contribution in [0.1, 0.15) is 11.3 Å². The van der Waals surface area contributed by atoms with Gasteiger partial charge in [-0.1, -0.05) is 18.2 Å². The summed E-state index contributed by atoms with van der Waals surface area (Å²) in [6.45, 7) is 0.842. The highest BCUT2D eigenvalue weighted by Gasteiger charge is 2.15. The number of thiocarbonyl (C=S) groups is 1. The number of furan rings is 1. The molecule has 1 aromatic heterocycles. The highest BCUT2D eigenvalue weighted by molar-refractivity contribution is 7.80. The van der Waals surface area contributed by atoms with Crippen molar-refractivity contribution >= 4 is 23.0 Å². The number of phenolic OH excluding ortho intramolecular Hbond substituents is 1. The topological polar surface area (TPSA) is 48.6 Å². The third-order valence-corrected chi connectivity index (χ3v) is 4.02. The lowest BCUT2D eigenvalue weighted by Crippen LogP contribution is -2.33. The summed E-state index contributed by atoms with van der Waals surface area (Å²) in [6, 6.07) is 16.7. The molecule has 0 bridgehead atoms. The lowest BCUT2D eigenvalue weighted by molar-refractivity contribution is 0.353. The molecular weight excluding hydrogens is 339 g/mol. The van der Waals surface area contributed by atoms with Gasteiger partial charge in [0.15, 0.2) is 5.11 Å². The third kappa shape index (κ3) is 4.58. The van der Waals surface area contributed by atoms with Crippen molar-refractivity contribution in [2.45, 2.75) is 13.1 Å². The van der Waals surface area contributed by atoms with Gasteiger partial charge in [-0.2, -0.15) is 0 Å². The number of nitrogens with one attached hydrogen (secondary N) is 1. The van der Waals surface area contributed by atoms with Gasteiger partial charge in [0, 0.05) is 17.8 Å². The van der Waals surface area contributed by atoms with Gasteiger partial charge in [-0.25, -0.2) is 4.39 Å². The molecule has 0 amide bonds. The van der Waals surface area contributed by atoms with Crippen molar-refractivity contribution in [2.75, 3.05) is 5.32 Å². The Kier molecular flexibility index (Phi) is 5.30. The number of halogens is 1. The number of hydrogen-bond acceptors (Lipinski definition) is 3. The average Bonchev–Trinajstić information content (AvgIpc) is 3.11. The first-order valence-corrected chi connectivity index (χ1v) is 8.13. The second kappa shape index (κ2) is 7.81. The predicted octanol–water partition coefficient (Wildman–Crippen LogP) is 4.52. The Hall–Kier alpha value is -2.86. The molecule has 4 nitrogen and oxygen atoms in total. The molecule has 0 saturated heterocycles. The lowest BCUT2D eigenvalue weighted by atomic mass is 10.2. The van der Waals surface area contributed by atoms with Crippen molar-refractivity contribution in [2.24, 2.45) is 0 Å². The number of para-hydroxylation sites is 1. The van der Waals surface area contributed by atoms with Crippen molar-refractivity contribution in [1.82, 2.24) is 4.90 Å². The lowest BCUT2D eigenvalue weighted by Gasteiger charge is -2.25. The van der Waals surface area contributed by atoms with Crippen LogP contribution in [0.5, 0.6) is 5.75 Å². The standard InChI is InChI=1S/C19H17FN2O2S/c20-15-7-9-16(10-8-15)21-19(25)22(13-17-5-3-11-24-17)12-14-4-1-2-6-18(14)23/h1-11,23H,12-13H2,(H,21,25). The summed E-state index contributed by atoms with van der Waals surface area (Å²) < 4.78 is 18.5. The molecule has 0 unspecified atom stereocenters. The summed E-state index contributed by atoms with van der Waals surface area (Å²) in [4.78, 5) is 1.87. The first-order valence-electron chi connectivity index (χ1n) is 7.72. The molecule has 0 aliphatic heterocycles. The molecule has 0 fully saturated rings. The molecule has 2 N–H and O–H groups in total. The largest absolute Gasteiger partial charge is 0.508 e. The van der Waals surface area contributed by atoms with Crippen molar-refractivity contribution in [3.63, 3.8) is 0 Å². The first-order chi connectivity index (χ1) is 12.1. The highest BCUT2D eigenvalue weighted by atomic mass is 32.1. The molecular formula is C19H17FN2O2S. The summed E-state index contributed by atoms with van der Waals surface area (Å²) in [5, 5.41) is 13.6. The van der Waals surface area contributed by atoms with Gasteiger partial charge in [-0.05, 0) is 54.7 Å². The van der Waals surface area contributed by atoms with Gasteiger partial charge >= 0.3 is 0 Å². The van der Waals surface area contributed by atoms with E-state index in [1.54, 1.807) is 30.5 Å². The molecule has 0 spiro atoms. The van der Waals surface area contributed by atoms with Crippen LogP contribution in [0.3, 0.4) is 0 Å². The average molecular weight is 356 g/mol. The van der Waals surface area contributed by atoms with E-state index in [0.717, 1.165) is 11.3 Å². The maximum atomic E-state index is 13.1. The SMILES string of the molecule is Oc1ccccc1CN(Cc1ccco1)C(=S)Nc1ccc(F)cc1. The summed E-state index contributed by atoms with van der Waals surface area (Å²) >= 11 is 5.50. The van der Waals surface area contributed by atoms with E-state index in [1.807, 2.05) is 29.2 Å². The third-order valence-electron chi connectivity index (χ3n) is 3.66. The van der Waals surface area contributed by atoms with E-state index in [0.29, 0.717) is 23.9 Å². The second-order valence-corrected chi connectivity index (χ2v) is 5.89. The first kappa shape index (κ1) is 17.0. The molecule has 2 aromatic carbocycles. The van der Waals surface area contributed by atoms with Gasteiger partial charge < -0.3 is 19.7 Å². The zero-order valence-corrected chi connectivity index (χ0v) is 14.2. The van der Waals surface area contributed by atoms with Gasteiger partial charge in [0.05, 0.1) is 12.8 Å². The smallest absolute Gasteiger partial charge is 0.174 e. The molecule has 6 heteroatoms. The van der Waals surface area contributed by atoms with E-state index in [2.05, 4.69) is 5.32 Å². The number of rotatable bonds is 5. The Balaban J connectivity index is 1.78. The van der Waals surface area contributed by atoms with Crippen LogP contribution in [0.15, 0.2) is 71.3 Å². The fourth-order valence-corrected chi connectivity index (χ4v) is 2.62. The van der Waals surface area contributed by atoms with E-state index in [9.17, 15) is 9.50 Å². The number of nitrogens with zero attached hydrogens (tertiary/aromatic N) is 1. The number of phenols is 1. The Morgan fingerprint density at radius 2 is 1.80 bits per heavy atom. The van der Waals surface area contributed by atoms with Crippen molar-refractivity contribution in [3.8, 4) is 5.75 Å². The van der Waals surface area contributed by atoms with Crippen LogP contribution in [-0.2, 0) is 13.1 Å². The monoisotopic (exact) mass is 356 g/mol. The van der Waals surface area contributed by atoms with E-state index in [-0.39, 0.29) is 11.6 Å². The number of benzene rings is 2. The van der Waals surface area contributed by atoms with Crippen LogP contribution in [0, 0.1) is 5.82 Å². The van der Waals surface area contributed by atoms with Crippen LogP contribution >= 0.6 is 12.2 Å². The molecule has 0 saturated carbocycles.